The van der Waals surface area contributed by atoms with Gasteiger partial charge in [0.1, 0.15) is 5.82 Å². The zero-order chi connectivity index (χ0) is 12.3. The van der Waals surface area contributed by atoms with Gasteiger partial charge in [0.15, 0.2) is 0 Å². The number of hydrogen-bond acceptors (Lipinski definition) is 4. The molecule has 0 spiro atoms. The molecule has 2 aromatic heterocycles. The average Bonchev–Trinajstić information content (AvgIpc) is 2.75. The van der Waals surface area contributed by atoms with Crippen LogP contribution in [-0.2, 0) is 13.5 Å². The van der Waals surface area contributed by atoms with E-state index < -0.39 is 0 Å². The van der Waals surface area contributed by atoms with Crippen molar-refractivity contribution >= 4 is 11.6 Å². The van der Waals surface area contributed by atoms with Crippen molar-refractivity contribution in [1.82, 2.24) is 20.0 Å². The fourth-order valence-corrected chi connectivity index (χ4v) is 1.92. The zero-order valence-corrected chi connectivity index (χ0v) is 10.2. The van der Waals surface area contributed by atoms with Crippen molar-refractivity contribution in [2.24, 2.45) is 12.9 Å². The Balaban J connectivity index is 2.22. The second kappa shape index (κ2) is 5.27. The number of hydrogen-bond donors (Lipinski definition) is 2. The largest absolute Gasteiger partial charge is 0.337 e. The number of nitrogens with zero attached hydrogens (tertiary/aromatic N) is 3. The number of nitrogens with one attached hydrogen (secondary N) is 1. The van der Waals surface area contributed by atoms with Gasteiger partial charge in [-0.3, -0.25) is 10.8 Å². The summed E-state index contributed by atoms with van der Waals surface area (Å²) in [6.07, 6.45) is 7.64. The van der Waals surface area contributed by atoms with Crippen LogP contribution in [0.15, 0.2) is 30.9 Å². The van der Waals surface area contributed by atoms with Gasteiger partial charge in [0.05, 0.1) is 11.1 Å². The predicted octanol–water partition coefficient (Wildman–Crippen LogP) is 1.22. The maximum atomic E-state index is 6.07. The van der Waals surface area contributed by atoms with E-state index >= 15 is 0 Å². The van der Waals surface area contributed by atoms with Crippen molar-refractivity contribution in [3.8, 4) is 0 Å². The van der Waals surface area contributed by atoms with Gasteiger partial charge in [0.25, 0.3) is 0 Å². The fourth-order valence-electron chi connectivity index (χ4n) is 1.73. The molecule has 0 aromatic carbocycles. The molecule has 6 heteroatoms. The van der Waals surface area contributed by atoms with Crippen molar-refractivity contribution in [3.05, 3.63) is 47.3 Å². The molecule has 0 fully saturated rings. The van der Waals surface area contributed by atoms with Gasteiger partial charge in [-0.2, -0.15) is 0 Å². The van der Waals surface area contributed by atoms with Gasteiger partial charge in [-0.15, -0.1) is 0 Å². The molecule has 2 aromatic rings. The van der Waals surface area contributed by atoms with E-state index in [1.54, 1.807) is 18.6 Å². The molecule has 0 aliphatic heterocycles. The summed E-state index contributed by atoms with van der Waals surface area (Å²) in [5.74, 6) is 6.44. The van der Waals surface area contributed by atoms with Crippen LogP contribution in [0.25, 0.3) is 0 Å². The first kappa shape index (κ1) is 12.0. The lowest BCUT2D eigenvalue weighted by Gasteiger charge is -2.16. The van der Waals surface area contributed by atoms with Crippen LogP contribution < -0.4 is 11.3 Å². The van der Waals surface area contributed by atoms with Crippen LogP contribution in [0.5, 0.6) is 0 Å². The van der Waals surface area contributed by atoms with E-state index in [0.29, 0.717) is 11.4 Å². The first-order valence-electron chi connectivity index (χ1n) is 5.24. The summed E-state index contributed by atoms with van der Waals surface area (Å²) in [5.41, 5.74) is 3.75. The molecule has 1 atom stereocenters. The Hall–Kier alpha value is -1.43. The number of rotatable bonds is 4. The second-order valence-corrected chi connectivity index (χ2v) is 4.19. The highest BCUT2D eigenvalue weighted by Crippen LogP contribution is 2.21. The lowest BCUT2D eigenvalue weighted by molar-refractivity contribution is 0.507. The Labute approximate surface area is 105 Å². The third kappa shape index (κ3) is 2.63. The lowest BCUT2D eigenvalue weighted by Crippen LogP contribution is -2.31. The molecule has 90 valence electrons. The summed E-state index contributed by atoms with van der Waals surface area (Å²) in [7, 11) is 1.93. The maximum absolute atomic E-state index is 6.07. The van der Waals surface area contributed by atoms with E-state index in [9.17, 15) is 0 Å². The summed E-state index contributed by atoms with van der Waals surface area (Å²) < 4.78 is 1.93. The Morgan fingerprint density at radius 2 is 2.35 bits per heavy atom. The molecule has 3 N–H and O–H groups in total. The standard InChI is InChI=1S/C11H14ClN5/c1-17-5-4-15-11(17)10(16-13)6-8-2-3-14-7-9(8)12/h2-5,7,10,16H,6,13H2,1H3. The average molecular weight is 252 g/mol. The van der Waals surface area contributed by atoms with E-state index in [2.05, 4.69) is 15.4 Å². The Morgan fingerprint density at radius 3 is 2.94 bits per heavy atom. The predicted molar refractivity (Wildman–Crippen MR) is 66.2 cm³/mol. The molecular weight excluding hydrogens is 238 g/mol. The van der Waals surface area contributed by atoms with Gasteiger partial charge < -0.3 is 4.57 Å². The minimum atomic E-state index is -0.0742. The van der Waals surface area contributed by atoms with Crippen LogP contribution in [0.2, 0.25) is 5.02 Å². The number of halogens is 1. The number of aromatic nitrogens is 3. The molecule has 2 rings (SSSR count). The summed E-state index contributed by atoms with van der Waals surface area (Å²) in [6.45, 7) is 0. The first-order valence-corrected chi connectivity index (χ1v) is 5.62. The highest BCUT2D eigenvalue weighted by atomic mass is 35.5. The van der Waals surface area contributed by atoms with Crippen LogP contribution in [-0.4, -0.2) is 14.5 Å². The normalized spacial score (nSPS) is 12.6. The first-order chi connectivity index (χ1) is 8.22. The van der Waals surface area contributed by atoms with Gasteiger partial charge in [0, 0.05) is 31.8 Å². The number of pyridine rings is 1. The molecule has 0 radical (unpaired) electrons. The molecule has 0 saturated carbocycles. The van der Waals surface area contributed by atoms with Gasteiger partial charge in [0.2, 0.25) is 0 Å². The Morgan fingerprint density at radius 1 is 1.53 bits per heavy atom. The van der Waals surface area contributed by atoms with Crippen molar-refractivity contribution in [3.63, 3.8) is 0 Å². The van der Waals surface area contributed by atoms with Crippen molar-refractivity contribution < 1.29 is 0 Å². The highest BCUT2D eigenvalue weighted by Gasteiger charge is 2.16. The molecule has 0 bridgehead atoms. The number of imidazole rings is 1. The van der Waals surface area contributed by atoms with E-state index in [1.165, 1.54) is 0 Å². The van der Waals surface area contributed by atoms with Crippen LogP contribution in [0.1, 0.15) is 17.4 Å². The van der Waals surface area contributed by atoms with Crippen LogP contribution >= 0.6 is 11.6 Å². The third-order valence-corrected chi connectivity index (χ3v) is 2.99. The van der Waals surface area contributed by atoms with E-state index in [4.69, 9.17) is 17.4 Å². The molecule has 0 aliphatic rings. The Kier molecular flexibility index (Phi) is 3.73. The van der Waals surface area contributed by atoms with Crippen LogP contribution in [0, 0.1) is 0 Å². The zero-order valence-electron chi connectivity index (χ0n) is 9.47. The molecule has 0 aliphatic carbocycles. The molecule has 2 heterocycles. The molecule has 1 unspecified atom stereocenters. The van der Waals surface area contributed by atoms with E-state index in [-0.39, 0.29) is 6.04 Å². The summed E-state index contributed by atoms with van der Waals surface area (Å²) in [6, 6.07) is 1.81. The summed E-state index contributed by atoms with van der Waals surface area (Å²) >= 11 is 6.07. The molecule has 0 saturated heterocycles. The minimum absolute atomic E-state index is 0.0742. The molecular formula is C11H14ClN5. The van der Waals surface area contributed by atoms with Crippen LogP contribution in [0.3, 0.4) is 0 Å². The summed E-state index contributed by atoms with van der Waals surface area (Å²) in [5, 5.41) is 0.641. The van der Waals surface area contributed by atoms with Gasteiger partial charge in [-0.1, -0.05) is 11.6 Å². The topological polar surface area (TPSA) is 68.8 Å². The number of nitrogens with two attached hydrogens (primary N) is 1. The van der Waals surface area contributed by atoms with E-state index in [1.807, 2.05) is 23.9 Å². The van der Waals surface area contributed by atoms with Crippen molar-refractivity contribution in [2.75, 3.05) is 0 Å². The Bertz CT molecular complexity index is 496. The number of hydrazine groups is 1. The van der Waals surface area contributed by atoms with Gasteiger partial charge >= 0.3 is 0 Å². The SMILES string of the molecule is Cn1ccnc1C(Cc1ccncc1Cl)NN. The monoisotopic (exact) mass is 251 g/mol. The molecule has 17 heavy (non-hydrogen) atoms. The maximum Gasteiger partial charge on any atom is 0.127 e. The van der Waals surface area contributed by atoms with E-state index in [0.717, 1.165) is 11.4 Å². The van der Waals surface area contributed by atoms with Gasteiger partial charge in [-0.25, -0.2) is 10.4 Å². The van der Waals surface area contributed by atoms with Crippen molar-refractivity contribution in [1.29, 1.82) is 0 Å². The molecule has 5 nitrogen and oxygen atoms in total. The summed E-state index contributed by atoms with van der Waals surface area (Å²) in [4.78, 5) is 8.23. The fraction of sp³-hybridized carbons (Fsp3) is 0.273. The third-order valence-electron chi connectivity index (χ3n) is 2.65. The lowest BCUT2D eigenvalue weighted by atomic mass is 10.1. The minimum Gasteiger partial charge on any atom is -0.337 e. The van der Waals surface area contributed by atoms with Crippen molar-refractivity contribution in [2.45, 2.75) is 12.5 Å². The smallest absolute Gasteiger partial charge is 0.127 e. The number of aryl methyl sites for hydroxylation is 1. The molecule has 0 amide bonds. The highest BCUT2D eigenvalue weighted by molar-refractivity contribution is 6.31. The van der Waals surface area contributed by atoms with Crippen LogP contribution in [0.4, 0.5) is 0 Å². The quantitative estimate of drug-likeness (QED) is 0.633. The van der Waals surface area contributed by atoms with Gasteiger partial charge in [-0.05, 0) is 18.1 Å². The second-order valence-electron chi connectivity index (χ2n) is 3.79.